The van der Waals surface area contributed by atoms with Gasteiger partial charge in [0.2, 0.25) is 0 Å². The van der Waals surface area contributed by atoms with Crippen molar-refractivity contribution < 1.29 is 37.2 Å². The van der Waals surface area contributed by atoms with Crippen LogP contribution in [0.4, 0.5) is 22.0 Å². The highest BCUT2D eigenvalue weighted by Crippen LogP contribution is 2.32. The maximum Gasteiger partial charge on any atom is 0.430 e. The van der Waals surface area contributed by atoms with Crippen LogP contribution in [-0.4, -0.2) is 18.7 Å². The van der Waals surface area contributed by atoms with Crippen molar-refractivity contribution in [1.29, 1.82) is 5.26 Å². The lowest BCUT2D eigenvalue weighted by atomic mass is 10.0. The molecule has 1 aromatic carbocycles. The number of alkyl halides is 3. The van der Waals surface area contributed by atoms with Gasteiger partial charge in [0.05, 0.1) is 12.0 Å². The topological polar surface area (TPSA) is 80.5 Å². The van der Waals surface area contributed by atoms with Gasteiger partial charge in [0.25, 0.3) is 0 Å². The first kappa shape index (κ1) is 21.6. The van der Waals surface area contributed by atoms with Crippen LogP contribution in [0.1, 0.15) is 24.8 Å². The number of hydrogen-bond donors (Lipinski definition) is 1. The molecule has 1 aromatic rings. The minimum absolute atomic E-state index is 0.161. The van der Waals surface area contributed by atoms with Gasteiger partial charge in [-0.2, -0.15) is 18.4 Å². The Kier molecular flexibility index (Phi) is 8.19. The number of rotatable bonds is 4. The van der Waals surface area contributed by atoms with Crippen molar-refractivity contribution in [3.8, 4) is 6.07 Å². The summed E-state index contributed by atoms with van der Waals surface area (Å²) in [6.07, 6.45) is -2.81. The van der Waals surface area contributed by atoms with Crippen molar-refractivity contribution >= 4 is 5.97 Å². The molecule has 0 heterocycles. The molecule has 4 nitrogen and oxygen atoms in total. The molecule has 1 atom stereocenters. The number of carboxylic acids is 1. The van der Waals surface area contributed by atoms with Crippen molar-refractivity contribution in [1.82, 2.24) is 0 Å². The fraction of sp³-hybridized carbons (Fsp3) is 0.412. The average molecular weight is 376 g/mol. The van der Waals surface area contributed by atoms with Crippen LogP contribution >= 0.6 is 0 Å². The van der Waals surface area contributed by atoms with Gasteiger partial charge in [0.1, 0.15) is 24.9 Å². The van der Waals surface area contributed by atoms with Crippen LogP contribution in [0.3, 0.4) is 0 Å². The van der Waals surface area contributed by atoms with E-state index in [1.807, 2.05) is 5.32 Å². The van der Waals surface area contributed by atoms with Crippen LogP contribution in [0.25, 0.3) is 0 Å². The van der Waals surface area contributed by atoms with Crippen LogP contribution in [0.5, 0.6) is 0 Å². The first-order valence-electron chi connectivity index (χ1n) is 7.76. The number of halogens is 5. The summed E-state index contributed by atoms with van der Waals surface area (Å²) in [6.45, 7) is 0.864. The highest BCUT2D eigenvalue weighted by molar-refractivity contribution is 5.70. The maximum atomic E-state index is 13.9. The van der Waals surface area contributed by atoms with E-state index in [4.69, 9.17) is 15.2 Å². The Morgan fingerprint density at radius 2 is 1.88 bits per heavy atom. The van der Waals surface area contributed by atoms with E-state index in [0.29, 0.717) is 18.5 Å². The molecule has 2 N–H and O–H groups in total. The van der Waals surface area contributed by atoms with Crippen LogP contribution < -0.4 is 10.4 Å². The summed E-state index contributed by atoms with van der Waals surface area (Å²) in [5.74, 6) is -3.67. The third-order valence-electron chi connectivity index (χ3n) is 3.71. The monoisotopic (exact) mass is 376 g/mol. The van der Waals surface area contributed by atoms with Gasteiger partial charge in [0, 0.05) is 5.56 Å². The number of aliphatic carboxylic acids is 1. The molecular weight excluding hydrogens is 359 g/mol. The van der Waals surface area contributed by atoms with E-state index in [1.165, 1.54) is 12.1 Å². The molecule has 0 aromatic heterocycles. The third kappa shape index (κ3) is 7.19. The van der Waals surface area contributed by atoms with E-state index >= 15 is 0 Å². The van der Waals surface area contributed by atoms with E-state index in [-0.39, 0.29) is 24.1 Å². The summed E-state index contributed by atoms with van der Waals surface area (Å²) in [6, 6.07) is 8.36. The molecule has 1 aliphatic carbocycles. The highest BCUT2D eigenvalue weighted by Gasteiger charge is 2.28. The zero-order valence-corrected chi connectivity index (χ0v) is 13.7. The molecule has 1 fully saturated rings. The van der Waals surface area contributed by atoms with Gasteiger partial charge >= 0.3 is 6.18 Å². The summed E-state index contributed by atoms with van der Waals surface area (Å²) >= 11 is 0. The van der Waals surface area contributed by atoms with Gasteiger partial charge < -0.3 is 15.2 Å². The van der Waals surface area contributed by atoms with Gasteiger partial charge in [-0.1, -0.05) is 12.1 Å². The van der Waals surface area contributed by atoms with E-state index in [2.05, 4.69) is 6.07 Å². The molecule has 26 heavy (non-hydrogen) atoms. The predicted octanol–water partition coefficient (Wildman–Crippen LogP) is 1.73. The normalized spacial score (nSPS) is 18.5. The van der Waals surface area contributed by atoms with Gasteiger partial charge in [0.15, 0.2) is 5.83 Å². The number of quaternary nitrogens is 1. The molecule has 0 bridgehead atoms. The van der Waals surface area contributed by atoms with Crippen LogP contribution in [-0.2, 0) is 11.3 Å². The minimum Gasteiger partial charge on any atom is -0.542 e. The summed E-state index contributed by atoms with van der Waals surface area (Å²) in [5.41, 5.74) is 1.64. The smallest absolute Gasteiger partial charge is 0.430 e. The molecule has 0 amide bonds. The molecule has 2 rings (SSSR count). The fourth-order valence-electron chi connectivity index (χ4n) is 2.43. The lowest BCUT2D eigenvalue weighted by Crippen LogP contribution is -2.82. The number of nitrogens with two attached hydrogens (primary N) is 1. The quantitative estimate of drug-likeness (QED) is 0.813. The molecule has 142 valence electrons. The zero-order valence-electron chi connectivity index (χ0n) is 13.7. The van der Waals surface area contributed by atoms with E-state index in [1.54, 1.807) is 12.1 Å². The summed E-state index contributed by atoms with van der Waals surface area (Å²) in [5, 5.41) is 19.5. The van der Waals surface area contributed by atoms with Crippen molar-refractivity contribution in [2.75, 3.05) is 6.54 Å². The Morgan fingerprint density at radius 3 is 2.38 bits per heavy atom. The van der Waals surface area contributed by atoms with Crippen LogP contribution in [0, 0.1) is 23.1 Å². The Bertz CT molecular complexity index is 678. The van der Waals surface area contributed by atoms with E-state index in [0.717, 1.165) is 18.4 Å². The minimum atomic E-state index is -5.19. The van der Waals surface area contributed by atoms with E-state index < -0.39 is 12.1 Å². The number of carbonyl (C=O) groups is 1. The van der Waals surface area contributed by atoms with Gasteiger partial charge in [-0.25, -0.2) is 8.78 Å². The second-order valence-electron chi connectivity index (χ2n) is 5.61. The molecule has 1 unspecified atom stereocenters. The SMILES string of the molecule is N#CC1CCC/C1=C(\F)C[NH2+]Cc1ccc(F)cc1.O=C([O-])C(F)(F)F. The molecule has 1 saturated carbocycles. The lowest BCUT2D eigenvalue weighted by molar-refractivity contribution is -0.665. The van der Waals surface area contributed by atoms with Gasteiger partial charge in [-0.15, -0.1) is 0 Å². The standard InChI is InChI=1S/C15H16F2N2.C2HF3O2/c16-13-6-4-11(5-7-13)9-19-10-15(17)14-3-1-2-12(14)8-18;3-2(4,5)1(6)7/h4-7,12,19H,1-3,9-10H2;(H,6,7)/b15-14+;. The number of carboxylic acid groups (broad SMARTS) is 1. The van der Waals surface area contributed by atoms with Crippen LogP contribution in [0.2, 0.25) is 0 Å². The van der Waals surface area contributed by atoms with Gasteiger partial charge in [-0.3, -0.25) is 0 Å². The van der Waals surface area contributed by atoms with Crippen molar-refractivity contribution in [3.63, 3.8) is 0 Å². The third-order valence-corrected chi connectivity index (χ3v) is 3.71. The number of benzene rings is 1. The van der Waals surface area contributed by atoms with Crippen LogP contribution in [0.15, 0.2) is 35.7 Å². The lowest BCUT2D eigenvalue weighted by Gasteiger charge is -2.05. The number of nitriles is 1. The molecule has 0 radical (unpaired) electrons. The Morgan fingerprint density at radius 1 is 1.31 bits per heavy atom. The zero-order chi connectivity index (χ0) is 19.7. The van der Waals surface area contributed by atoms with E-state index in [9.17, 15) is 22.0 Å². The first-order chi connectivity index (χ1) is 12.1. The number of carbonyl (C=O) groups excluding carboxylic acids is 1. The second-order valence-corrected chi connectivity index (χ2v) is 5.61. The molecule has 9 heteroatoms. The Balaban J connectivity index is 0.000000412. The number of allylic oxidation sites excluding steroid dienone is 1. The van der Waals surface area contributed by atoms with Crippen molar-refractivity contribution in [3.05, 3.63) is 47.0 Å². The molecule has 1 aliphatic rings. The highest BCUT2D eigenvalue weighted by atomic mass is 19.4. The summed E-state index contributed by atoms with van der Waals surface area (Å²) < 4.78 is 58.2. The Labute approximate surface area is 146 Å². The maximum absolute atomic E-state index is 13.9. The molecule has 0 saturated heterocycles. The Hall–Kier alpha value is -2.47. The summed E-state index contributed by atoms with van der Waals surface area (Å²) in [4.78, 5) is 8.78. The molecular formula is C17H17F5N2O2. The summed E-state index contributed by atoms with van der Waals surface area (Å²) in [7, 11) is 0. The van der Waals surface area contributed by atoms with Gasteiger partial charge in [-0.05, 0) is 37.0 Å². The number of nitrogens with zero attached hydrogens (tertiary/aromatic N) is 1. The second kappa shape index (κ2) is 9.87. The predicted molar refractivity (Wildman–Crippen MR) is 79.0 cm³/mol. The molecule has 0 spiro atoms. The fourth-order valence-corrected chi connectivity index (χ4v) is 2.43. The molecule has 0 aliphatic heterocycles. The number of hydrogen-bond acceptors (Lipinski definition) is 3. The average Bonchev–Trinajstić information content (AvgIpc) is 3.05. The van der Waals surface area contributed by atoms with Crippen molar-refractivity contribution in [2.45, 2.75) is 32.0 Å². The largest absolute Gasteiger partial charge is 0.542 e. The van der Waals surface area contributed by atoms with Crippen molar-refractivity contribution in [2.24, 2.45) is 5.92 Å². The first-order valence-corrected chi connectivity index (χ1v) is 7.76.